The third kappa shape index (κ3) is 6.46. The highest BCUT2D eigenvalue weighted by molar-refractivity contribution is 5.80. The average molecular weight is 391 g/mol. The maximum atomic E-state index is 13.4. The van der Waals surface area contributed by atoms with Crippen LogP contribution in [0.4, 0.5) is 4.39 Å². The molecular formula is C20H22FNO6. The lowest BCUT2D eigenvalue weighted by Crippen LogP contribution is -2.31. The maximum absolute atomic E-state index is 13.4. The molecule has 2 rings (SSSR count). The van der Waals surface area contributed by atoms with Gasteiger partial charge >= 0.3 is 5.97 Å². The van der Waals surface area contributed by atoms with Gasteiger partial charge in [-0.2, -0.15) is 0 Å². The van der Waals surface area contributed by atoms with Crippen LogP contribution < -0.4 is 19.5 Å². The Bertz CT molecular complexity index is 811. The number of para-hydroxylation sites is 1. The van der Waals surface area contributed by atoms with Crippen molar-refractivity contribution in [3.63, 3.8) is 0 Å². The fourth-order valence-electron chi connectivity index (χ4n) is 2.32. The lowest BCUT2D eigenvalue weighted by atomic mass is 10.1. The van der Waals surface area contributed by atoms with Gasteiger partial charge in [0.1, 0.15) is 0 Å². The Morgan fingerprint density at radius 1 is 0.964 bits per heavy atom. The zero-order valence-electron chi connectivity index (χ0n) is 15.7. The highest BCUT2D eigenvalue weighted by atomic mass is 19.1. The summed E-state index contributed by atoms with van der Waals surface area (Å²) in [4.78, 5) is 23.3. The summed E-state index contributed by atoms with van der Waals surface area (Å²) in [5, 5.41) is 2.65. The molecule has 0 aromatic heterocycles. The van der Waals surface area contributed by atoms with Gasteiger partial charge in [0.05, 0.1) is 14.2 Å². The van der Waals surface area contributed by atoms with Crippen LogP contribution >= 0.6 is 0 Å². The lowest BCUT2D eigenvalue weighted by molar-refractivity contribution is -0.150. The van der Waals surface area contributed by atoms with Crippen molar-refractivity contribution < 1.29 is 32.9 Å². The van der Waals surface area contributed by atoms with E-state index in [0.717, 1.165) is 5.56 Å². The molecule has 1 N–H and O–H groups in total. The minimum atomic E-state index is -0.765. The largest absolute Gasteiger partial charge is 0.493 e. The van der Waals surface area contributed by atoms with Crippen molar-refractivity contribution in [3.8, 4) is 17.2 Å². The van der Waals surface area contributed by atoms with Crippen LogP contribution in [0, 0.1) is 5.82 Å². The van der Waals surface area contributed by atoms with Crippen molar-refractivity contribution in [2.45, 2.75) is 6.42 Å². The third-order valence-electron chi connectivity index (χ3n) is 3.73. The molecule has 8 heteroatoms. The van der Waals surface area contributed by atoms with Crippen LogP contribution in [0.15, 0.2) is 42.5 Å². The predicted molar refractivity (Wildman–Crippen MR) is 99.1 cm³/mol. The van der Waals surface area contributed by atoms with Crippen LogP contribution in [0.3, 0.4) is 0 Å². The molecule has 2 aromatic carbocycles. The van der Waals surface area contributed by atoms with Gasteiger partial charge in [0.2, 0.25) is 0 Å². The van der Waals surface area contributed by atoms with E-state index in [-0.39, 0.29) is 5.75 Å². The lowest BCUT2D eigenvalue weighted by Gasteiger charge is -2.10. The molecule has 1 amide bonds. The van der Waals surface area contributed by atoms with Crippen LogP contribution in [0.25, 0.3) is 0 Å². The number of methoxy groups -OCH3 is 2. The van der Waals surface area contributed by atoms with Crippen LogP contribution in [0.1, 0.15) is 5.56 Å². The van der Waals surface area contributed by atoms with Gasteiger partial charge in [0, 0.05) is 6.54 Å². The van der Waals surface area contributed by atoms with E-state index in [9.17, 15) is 14.0 Å². The molecule has 0 bridgehead atoms. The van der Waals surface area contributed by atoms with Crippen molar-refractivity contribution in [1.82, 2.24) is 5.32 Å². The normalized spacial score (nSPS) is 10.1. The summed E-state index contributed by atoms with van der Waals surface area (Å²) in [6, 6.07) is 11.2. The topological polar surface area (TPSA) is 83.1 Å². The number of nitrogens with one attached hydrogen (secondary N) is 1. The van der Waals surface area contributed by atoms with Gasteiger partial charge in [0.25, 0.3) is 5.91 Å². The summed E-state index contributed by atoms with van der Waals surface area (Å²) in [5.74, 6) is -0.616. The van der Waals surface area contributed by atoms with Gasteiger partial charge in [-0.05, 0) is 36.2 Å². The summed E-state index contributed by atoms with van der Waals surface area (Å²) in [5.41, 5.74) is 0.952. The Balaban J connectivity index is 1.67. The molecule has 0 aliphatic rings. The molecule has 2 aromatic rings. The molecule has 0 spiro atoms. The van der Waals surface area contributed by atoms with Crippen LogP contribution in [0.5, 0.6) is 17.2 Å². The first-order valence-corrected chi connectivity index (χ1v) is 8.54. The Labute approximate surface area is 162 Å². The molecule has 0 fully saturated rings. The molecule has 0 aliphatic carbocycles. The number of hydrogen-bond donors (Lipinski definition) is 1. The minimum absolute atomic E-state index is 0.0566. The van der Waals surface area contributed by atoms with E-state index in [1.165, 1.54) is 18.2 Å². The van der Waals surface area contributed by atoms with Gasteiger partial charge in [0.15, 0.2) is 36.3 Å². The second-order valence-corrected chi connectivity index (χ2v) is 5.67. The van der Waals surface area contributed by atoms with Crippen molar-refractivity contribution in [3.05, 3.63) is 53.8 Å². The number of amides is 1. The Morgan fingerprint density at radius 3 is 2.43 bits per heavy atom. The van der Waals surface area contributed by atoms with Gasteiger partial charge < -0.3 is 24.3 Å². The Kier molecular flexibility index (Phi) is 8.08. The molecular weight excluding hydrogens is 369 g/mol. The van der Waals surface area contributed by atoms with Crippen LogP contribution in [-0.2, 0) is 20.7 Å². The smallest absolute Gasteiger partial charge is 0.344 e. The van der Waals surface area contributed by atoms with Gasteiger partial charge in [-0.3, -0.25) is 4.79 Å². The van der Waals surface area contributed by atoms with E-state index in [1.807, 2.05) is 12.1 Å². The van der Waals surface area contributed by atoms with E-state index < -0.39 is 30.9 Å². The number of benzene rings is 2. The number of halogens is 1. The van der Waals surface area contributed by atoms with Crippen molar-refractivity contribution in [2.24, 2.45) is 0 Å². The fraction of sp³-hybridized carbons (Fsp3) is 0.300. The Morgan fingerprint density at radius 2 is 1.71 bits per heavy atom. The molecule has 0 aliphatic heterocycles. The molecule has 28 heavy (non-hydrogen) atoms. The van der Waals surface area contributed by atoms with Gasteiger partial charge in [-0.15, -0.1) is 0 Å². The molecule has 0 radical (unpaired) electrons. The monoisotopic (exact) mass is 391 g/mol. The average Bonchev–Trinajstić information content (AvgIpc) is 2.71. The van der Waals surface area contributed by atoms with E-state index >= 15 is 0 Å². The Hall–Kier alpha value is -3.29. The molecule has 0 atom stereocenters. The number of rotatable bonds is 10. The van der Waals surface area contributed by atoms with Crippen molar-refractivity contribution >= 4 is 11.9 Å². The number of esters is 1. The highest BCUT2D eigenvalue weighted by Gasteiger charge is 2.10. The minimum Gasteiger partial charge on any atom is -0.493 e. The molecule has 0 saturated carbocycles. The number of carbonyl (C=O) groups excluding carboxylic acids is 2. The first-order chi connectivity index (χ1) is 13.5. The SMILES string of the molecule is COc1ccc(CCNC(=O)COC(=O)COc2ccccc2F)cc1OC. The molecule has 0 heterocycles. The van der Waals surface area contributed by atoms with E-state index in [4.69, 9.17) is 18.9 Å². The van der Waals surface area contributed by atoms with E-state index in [0.29, 0.717) is 24.5 Å². The standard InChI is InChI=1S/C20H22FNO6/c1-25-17-8-7-14(11-18(17)26-2)9-10-22-19(23)12-28-20(24)13-27-16-6-4-3-5-15(16)21/h3-8,11H,9-10,12-13H2,1-2H3,(H,22,23). The van der Waals surface area contributed by atoms with Crippen molar-refractivity contribution in [1.29, 1.82) is 0 Å². The summed E-state index contributed by atoms with van der Waals surface area (Å²) >= 11 is 0. The zero-order chi connectivity index (χ0) is 20.4. The summed E-state index contributed by atoms with van der Waals surface area (Å²) in [6.07, 6.45) is 0.566. The summed E-state index contributed by atoms with van der Waals surface area (Å²) in [7, 11) is 3.11. The van der Waals surface area contributed by atoms with E-state index in [1.54, 1.807) is 26.4 Å². The quantitative estimate of drug-likeness (QED) is 0.625. The first kappa shape index (κ1) is 21.0. The molecule has 7 nitrogen and oxygen atoms in total. The van der Waals surface area contributed by atoms with Gasteiger partial charge in [-0.1, -0.05) is 18.2 Å². The highest BCUT2D eigenvalue weighted by Crippen LogP contribution is 2.27. The van der Waals surface area contributed by atoms with Crippen molar-refractivity contribution in [2.75, 3.05) is 34.0 Å². The number of carbonyl (C=O) groups is 2. The van der Waals surface area contributed by atoms with Crippen LogP contribution in [-0.4, -0.2) is 45.9 Å². The van der Waals surface area contributed by atoms with Gasteiger partial charge in [-0.25, -0.2) is 9.18 Å². The van der Waals surface area contributed by atoms with Crippen LogP contribution in [0.2, 0.25) is 0 Å². The zero-order valence-corrected chi connectivity index (χ0v) is 15.7. The second-order valence-electron chi connectivity index (χ2n) is 5.67. The number of hydrogen-bond acceptors (Lipinski definition) is 6. The predicted octanol–water partition coefficient (Wildman–Crippen LogP) is 2.12. The molecule has 150 valence electrons. The fourth-order valence-corrected chi connectivity index (χ4v) is 2.32. The first-order valence-electron chi connectivity index (χ1n) is 8.54. The van der Waals surface area contributed by atoms with E-state index in [2.05, 4.69) is 5.32 Å². The second kappa shape index (κ2) is 10.8. The third-order valence-corrected chi connectivity index (χ3v) is 3.73. The summed E-state index contributed by atoms with van der Waals surface area (Å²) in [6.45, 7) is -0.567. The number of ether oxygens (including phenoxy) is 4. The maximum Gasteiger partial charge on any atom is 0.344 e. The molecule has 0 unspecified atom stereocenters. The molecule has 0 saturated heterocycles. The summed E-state index contributed by atoms with van der Waals surface area (Å²) < 4.78 is 33.6.